The van der Waals surface area contributed by atoms with Crippen molar-refractivity contribution in [2.24, 2.45) is 11.7 Å². The average molecular weight is 542 g/mol. The zero-order valence-electron chi connectivity index (χ0n) is 24.1. The van der Waals surface area contributed by atoms with E-state index < -0.39 is 11.7 Å². The van der Waals surface area contributed by atoms with Gasteiger partial charge in [-0.2, -0.15) is 0 Å². The first-order valence-corrected chi connectivity index (χ1v) is 14.7. The monoisotopic (exact) mass is 541 g/mol. The van der Waals surface area contributed by atoms with Crippen LogP contribution >= 0.6 is 0 Å². The van der Waals surface area contributed by atoms with Crippen molar-refractivity contribution in [3.05, 3.63) is 23.0 Å². The third-order valence-electron chi connectivity index (χ3n) is 7.84. The normalized spacial score (nSPS) is 26.9. The Bertz CT molecular complexity index is 968. The van der Waals surface area contributed by atoms with Crippen molar-refractivity contribution in [1.82, 2.24) is 0 Å². The molecule has 4 atom stereocenters. The van der Waals surface area contributed by atoms with E-state index in [4.69, 9.17) is 24.7 Å². The molecule has 1 amide bonds. The minimum Gasteiger partial charge on any atom is -0.465 e. The van der Waals surface area contributed by atoms with Crippen LogP contribution in [0.4, 0.5) is 4.79 Å². The molecule has 0 aromatic rings. The van der Waals surface area contributed by atoms with Gasteiger partial charge in [-0.1, -0.05) is 18.8 Å². The molecule has 2 fully saturated rings. The van der Waals surface area contributed by atoms with Crippen LogP contribution in [-0.2, 0) is 23.7 Å². The summed E-state index contributed by atoms with van der Waals surface area (Å²) in [7, 11) is 0. The first kappa shape index (κ1) is 31.1. The van der Waals surface area contributed by atoms with Crippen LogP contribution < -0.4 is 5.73 Å². The van der Waals surface area contributed by atoms with Gasteiger partial charge in [-0.15, -0.1) is 11.8 Å². The molecule has 0 bridgehead atoms. The van der Waals surface area contributed by atoms with Crippen molar-refractivity contribution >= 4 is 6.09 Å². The zero-order chi connectivity index (χ0) is 27.9. The molecule has 2 N–H and O–H groups in total. The smallest absolute Gasteiger partial charge is 0.405 e. The second-order valence-electron chi connectivity index (χ2n) is 10.7. The predicted molar refractivity (Wildman–Crippen MR) is 151 cm³/mol. The fourth-order valence-electron chi connectivity index (χ4n) is 5.20. The topological polar surface area (TPSA) is 89.2 Å². The third kappa shape index (κ3) is 10.2. The lowest BCUT2D eigenvalue weighted by Gasteiger charge is -2.44. The van der Waals surface area contributed by atoms with Crippen molar-refractivity contribution in [3.8, 4) is 23.7 Å². The Morgan fingerprint density at radius 3 is 2.26 bits per heavy atom. The molecule has 2 aliphatic heterocycles. The molecule has 2 heterocycles. The summed E-state index contributed by atoms with van der Waals surface area (Å²) < 4.78 is 29.6. The Morgan fingerprint density at radius 2 is 1.62 bits per heavy atom. The summed E-state index contributed by atoms with van der Waals surface area (Å²) in [6.45, 7) is 8.20. The molecule has 0 aromatic carbocycles. The summed E-state index contributed by atoms with van der Waals surface area (Å²) in [5.74, 6) is 13.4. The van der Waals surface area contributed by atoms with Crippen LogP contribution in [0.1, 0.15) is 104 Å². The fraction of sp³-hybridized carbons (Fsp3) is 0.719. The van der Waals surface area contributed by atoms with E-state index in [0.29, 0.717) is 0 Å². The molecule has 0 aromatic heterocycles. The van der Waals surface area contributed by atoms with Crippen LogP contribution in [-0.4, -0.2) is 44.1 Å². The van der Waals surface area contributed by atoms with E-state index in [2.05, 4.69) is 55.3 Å². The minimum absolute atomic E-state index is 0.0471. The van der Waals surface area contributed by atoms with E-state index in [9.17, 15) is 4.79 Å². The molecule has 1 aliphatic carbocycles. The van der Waals surface area contributed by atoms with Gasteiger partial charge in [-0.05, 0) is 88.9 Å². The Labute approximate surface area is 235 Å². The second kappa shape index (κ2) is 16.6. The second-order valence-corrected chi connectivity index (χ2v) is 10.7. The summed E-state index contributed by atoms with van der Waals surface area (Å²) in [6, 6.07) is 0. The lowest BCUT2D eigenvalue weighted by atomic mass is 9.73. The van der Waals surface area contributed by atoms with Gasteiger partial charge in [0.25, 0.3) is 0 Å². The molecule has 7 nitrogen and oxygen atoms in total. The average Bonchev–Trinajstić information content (AvgIpc) is 2.93. The number of carbonyl (C=O) groups excluding carboxylic acids is 1. The summed E-state index contributed by atoms with van der Waals surface area (Å²) in [5, 5.41) is 0. The molecule has 3 rings (SSSR count). The molecule has 0 saturated carbocycles. The van der Waals surface area contributed by atoms with Gasteiger partial charge < -0.3 is 29.4 Å². The quantitative estimate of drug-likeness (QED) is 0.237. The van der Waals surface area contributed by atoms with E-state index in [1.807, 2.05) is 0 Å². The lowest BCUT2D eigenvalue weighted by molar-refractivity contribution is -0.220. The van der Waals surface area contributed by atoms with E-state index in [0.717, 1.165) is 102 Å². The summed E-state index contributed by atoms with van der Waals surface area (Å²) in [6.07, 6.45) is 13.8. The van der Waals surface area contributed by atoms with Gasteiger partial charge in [0.15, 0.2) is 19.2 Å². The molecule has 7 heteroatoms. The first-order chi connectivity index (χ1) is 18.9. The highest BCUT2D eigenvalue weighted by molar-refractivity contribution is 5.64. The number of allylic oxidation sites excluding steroid dienone is 1. The number of amides is 1. The summed E-state index contributed by atoms with van der Waals surface area (Å²) in [5.41, 5.74) is 6.95. The van der Waals surface area contributed by atoms with Gasteiger partial charge in [0, 0.05) is 38.2 Å². The number of carbonyl (C=O) groups is 1. The SMILES string of the molecule is CC1=CC(OC2CCCCO2)=C(CCCCC#CCCCC#CCOC(N)=O)C(C)C1(C)OC1CCCCO1. The van der Waals surface area contributed by atoms with Gasteiger partial charge in [-0.3, -0.25) is 0 Å². The number of ether oxygens (including phenoxy) is 5. The highest BCUT2D eigenvalue weighted by Gasteiger charge is 2.43. The highest BCUT2D eigenvalue weighted by Crippen LogP contribution is 2.44. The van der Waals surface area contributed by atoms with Crippen LogP contribution in [0.2, 0.25) is 0 Å². The fourth-order valence-corrected chi connectivity index (χ4v) is 5.20. The van der Waals surface area contributed by atoms with Crippen molar-refractivity contribution < 1.29 is 28.5 Å². The molecule has 216 valence electrons. The van der Waals surface area contributed by atoms with E-state index in [-0.39, 0.29) is 25.1 Å². The standard InChI is InChI=1S/C32H47NO6/c1-25-24-28(38-29-19-13-16-21-35-29)27(26(2)32(25,3)39-30-20-14-17-22-36-30)18-12-10-8-6-4-5-7-9-11-15-23-37-31(33)34/h24,26,29-30H,5,7-10,12-14,16-23H2,1-3H3,(H2,33,34). The van der Waals surface area contributed by atoms with Gasteiger partial charge in [-0.25, -0.2) is 4.79 Å². The molecule has 0 spiro atoms. The van der Waals surface area contributed by atoms with Gasteiger partial charge in [0.1, 0.15) is 5.76 Å². The van der Waals surface area contributed by atoms with Gasteiger partial charge >= 0.3 is 6.09 Å². The van der Waals surface area contributed by atoms with Crippen LogP contribution in [0.3, 0.4) is 0 Å². The van der Waals surface area contributed by atoms with E-state index >= 15 is 0 Å². The number of hydrogen-bond acceptors (Lipinski definition) is 6. The molecule has 39 heavy (non-hydrogen) atoms. The van der Waals surface area contributed by atoms with Gasteiger partial charge in [0.05, 0.1) is 12.2 Å². The number of unbranched alkanes of at least 4 members (excludes halogenated alkanes) is 4. The number of nitrogens with two attached hydrogens (primary N) is 1. The number of primary amides is 1. The molecule has 2 saturated heterocycles. The molecular weight excluding hydrogens is 494 g/mol. The van der Waals surface area contributed by atoms with E-state index in [1.54, 1.807) is 0 Å². The first-order valence-electron chi connectivity index (χ1n) is 14.7. The molecule has 0 radical (unpaired) electrons. The Balaban J connectivity index is 1.52. The molecular formula is C32H47NO6. The lowest BCUT2D eigenvalue weighted by Crippen LogP contribution is -2.45. The van der Waals surface area contributed by atoms with Crippen molar-refractivity contribution in [3.63, 3.8) is 0 Å². The molecule has 3 aliphatic rings. The van der Waals surface area contributed by atoms with E-state index in [1.165, 1.54) is 11.1 Å². The van der Waals surface area contributed by atoms with Crippen LogP contribution in [0, 0.1) is 29.6 Å². The third-order valence-corrected chi connectivity index (χ3v) is 7.84. The zero-order valence-corrected chi connectivity index (χ0v) is 24.1. The van der Waals surface area contributed by atoms with Crippen LogP contribution in [0.15, 0.2) is 23.0 Å². The van der Waals surface area contributed by atoms with Gasteiger partial charge in [0.2, 0.25) is 0 Å². The summed E-state index contributed by atoms with van der Waals surface area (Å²) in [4.78, 5) is 10.5. The maximum Gasteiger partial charge on any atom is 0.405 e. The molecule has 4 unspecified atom stereocenters. The summed E-state index contributed by atoms with van der Waals surface area (Å²) >= 11 is 0. The number of hydrogen-bond donors (Lipinski definition) is 1. The van der Waals surface area contributed by atoms with Crippen LogP contribution in [0.25, 0.3) is 0 Å². The maximum absolute atomic E-state index is 10.5. The Kier molecular flexibility index (Phi) is 13.2. The highest BCUT2D eigenvalue weighted by atomic mass is 16.7. The Hall–Kier alpha value is -2.45. The number of rotatable bonds is 11. The largest absolute Gasteiger partial charge is 0.465 e. The van der Waals surface area contributed by atoms with Crippen LogP contribution in [0.5, 0.6) is 0 Å². The van der Waals surface area contributed by atoms with Crippen molar-refractivity contribution in [2.45, 2.75) is 122 Å². The maximum atomic E-state index is 10.5. The van der Waals surface area contributed by atoms with Crippen molar-refractivity contribution in [1.29, 1.82) is 0 Å². The predicted octanol–water partition coefficient (Wildman–Crippen LogP) is 6.51. The Morgan fingerprint density at radius 1 is 0.974 bits per heavy atom. The van der Waals surface area contributed by atoms with Crippen molar-refractivity contribution in [2.75, 3.05) is 19.8 Å². The minimum atomic E-state index is -0.797.